The van der Waals surface area contributed by atoms with Crippen LogP contribution in [0.2, 0.25) is 15.1 Å². The van der Waals surface area contributed by atoms with Crippen LogP contribution < -0.4 is 9.62 Å². The number of likely N-dealkylation sites (N-methyl/N-ethyl adjacent to an activating group) is 1. The van der Waals surface area contributed by atoms with Crippen LogP contribution in [0.25, 0.3) is 0 Å². The first-order valence-corrected chi connectivity index (χ1v) is 16.1. The third kappa shape index (κ3) is 8.30. The lowest BCUT2D eigenvalue weighted by atomic mass is 10.0. The zero-order chi connectivity index (χ0) is 31.0. The van der Waals surface area contributed by atoms with Crippen LogP contribution in [0.4, 0.5) is 5.69 Å². The Morgan fingerprint density at radius 3 is 2.00 bits per heavy atom. The maximum absolute atomic E-state index is 14.3. The molecule has 0 aliphatic rings. The molecule has 4 rings (SSSR count). The molecule has 0 fully saturated rings. The molecular weight excluding hydrogens is 629 g/mol. The molecular formula is C32H30Cl3N3O4S. The van der Waals surface area contributed by atoms with Gasteiger partial charge >= 0.3 is 0 Å². The number of hydrogen-bond acceptors (Lipinski definition) is 4. The minimum Gasteiger partial charge on any atom is -0.355 e. The van der Waals surface area contributed by atoms with Crippen LogP contribution in [0.5, 0.6) is 0 Å². The minimum absolute atomic E-state index is 0.0253. The average molecular weight is 659 g/mol. The Morgan fingerprint density at radius 1 is 0.791 bits per heavy atom. The Labute approximate surface area is 267 Å². The molecule has 0 aliphatic carbocycles. The molecule has 0 saturated carbocycles. The van der Waals surface area contributed by atoms with Gasteiger partial charge in [-0.15, -0.1) is 0 Å². The molecule has 0 spiro atoms. The van der Waals surface area contributed by atoms with E-state index in [9.17, 15) is 18.0 Å². The number of halogens is 3. The van der Waals surface area contributed by atoms with E-state index in [-0.39, 0.29) is 34.5 Å². The van der Waals surface area contributed by atoms with E-state index in [0.29, 0.717) is 22.2 Å². The fourth-order valence-corrected chi connectivity index (χ4v) is 6.69. The van der Waals surface area contributed by atoms with Gasteiger partial charge in [-0.2, -0.15) is 0 Å². The number of rotatable bonds is 12. The Kier molecular flexibility index (Phi) is 11.1. The van der Waals surface area contributed by atoms with Crippen LogP contribution in [-0.2, 0) is 32.6 Å². The molecule has 1 atom stereocenters. The molecule has 7 nitrogen and oxygen atoms in total. The largest absolute Gasteiger partial charge is 0.355 e. The van der Waals surface area contributed by atoms with Gasteiger partial charge in [0.25, 0.3) is 10.0 Å². The first-order chi connectivity index (χ1) is 20.6. The summed E-state index contributed by atoms with van der Waals surface area (Å²) in [4.78, 5) is 29.2. The standard InChI is InChI=1S/C32H30Cl3N3O4S/c1-2-36-32(40)30(19-23-9-5-3-6-10-23)37(21-24-13-15-25(33)16-14-24)31(39)22-38(29-18-17-26(34)20-28(29)35)43(41,42)27-11-7-4-8-12-27/h3-18,20,30H,2,19,21-22H2,1H3,(H,36,40)/t30-/m1/s1. The molecule has 4 aromatic carbocycles. The number of nitrogens with one attached hydrogen (secondary N) is 1. The van der Waals surface area contributed by atoms with Gasteiger partial charge in [-0.05, 0) is 60.5 Å². The number of sulfonamides is 1. The van der Waals surface area contributed by atoms with Gasteiger partial charge in [0.05, 0.1) is 15.6 Å². The lowest BCUT2D eigenvalue weighted by molar-refractivity contribution is -0.140. The monoisotopic (exact) mass is 657 g/mol. The summed E-state index contributed by atoms with van der Waals surface area (Å²) in [7, 11) is -4.27. The molecule has 0 saturated heterocycles. The van der Waals surface area contributed by atoms with Crippen LogP contribution in [0.3, 0.4) is 0 Å². The van der Waals surface area contributed by atoms with Gasteiger partial charge < -0.3 is 10.2 Å². The van der Waals surface area contributed by atoms with Crippen molar-refractivity contribution in [2.45, 2.75) is 30.8 Å². The van der Waals surface area contributed by atoms with Gasteiger partial charge in [0.1, 0.15) is 12.6 Å². The summed E-state index contributed by atoms with van der Waals surface area (Å²) in [5.74, 6) is -0.969. The van der Waals surface area contributed by atoms with Gasteiger partial charge in [0, 0.05) is 29.6 Å². The maximum Gasteiger partial charge on any atom is 0.264 e. The molecule has 0 radical (unpaired) electrons. The summed E-state index contributed by atoms with van der Waals surface area (Å²) in [5.41, 5.74) is 1.62. The second-order valence-corrected chi connectivity index (χ2v) is 12.8. The van der Waals surface area contributed by atoms with Gasteiger partial charge in [0.2, 0.25) is 11.8 Å². The first kappa shape index (κ1) is 32.4. The molecule has 0 bridgehead atoms. The zero-order valence-corrected chi connectivity index (χ0v) is 26.4. The minimum atomic E-state index is -4.27. The quantitative estimate of drug-likeness (QED) is 0.185. The highest BCUT2D eigenvalue weighted by atomic mass is 35.5. The van der Waals surface area contributed by atoms with Crippen molar-refractivity contribution >= 4 is 62.3 Å². The molecule has 43 heavy (non-hydrogen) atoms. The number of nitrogens with zero attached hydrogens (tertiary/aromatic N) is 2. The van der Waals surface area contributed by atoms with Crippen molar-refractivity contribution in [3.05, 3.63) is 129 Å². The highest BCUT2D eigenvalue weighted by molar-refractivity contribution is 7.92. The van der Waals surface area contributed by atoms with Crippen molar-refractivity contribution in [2.24, 2.45) is 0 Å². The van der Waals surface area contributed by atoms with E-state index in [0.717, 1.165) is 9.87 Å². The number of amides is 2. The highest BCUT2D eigenvalue weighted by Crippen LogP contribution is 2.33. The second kappa shape index (κ2) is 14.8. The van der Waals surface area contributed by atoms with Gasteiger partial charge in [-0.1, -0.05) is 95.5 Å². The first-order valence-electron chi connectivity index (χ1n) is 13.5. The third-order valence-electron chi connectivity index (χ3n) is 6.68. The van der Waals surface area contributed by atoms with E-state index in [1.54, 1.807) is 49.4 Å². The molecule has 2 amide bonds. The normalized spacial score (nSPS) is 11.9. The fourth-order valence-electron chi connectivity index (χ4n) is 4.55. The molecule has 0 unspecified atom stereocenters. The lowest BCUT2D eigenvalue weighted by Crippen LogP contribution is -2.53. The molecule has 0 aromatic heterocycles. The molecule has 224 valence electrons. The summed E-state index contributed by atoms with van der Waals surface area (Å²) in [6.07, 6.45) is 0.207. The van der Waals surface area contributed by atoms with Crippen molar-refractivity contribution in [1.82, 2.24) is 10.2 Å². The number of benzene rings is 4. The average Bonchev–Trinajstić information content (AvgIpc) is 3.00. The highest BCUT2D eigenvalue weighted by Gasteiger charge is 2.35. The third-order valence-corrected chi connectivity index (χ3v) is 9.24. The maximum atomic E-state index is 14.3. The summed E-state index contributed by atoms with van der Waals surface area (Å²) in [6.45, 7) is 1.54. The van der Waals surface area contributed by atoms with Crippen molar-refractivity contribution in [2.75, 3.05) is 17.4 Å². The summed E-state index contributed by atoms with van der Waals surface area (Å²) in [5, 5.41) is 3.70. The predicted octanol–water partition coefficient (Wildman–Crippen LogP) is 6.62. The summed E-state index contributed by atoms with van der Waals surface area (Å²) < 4.78 is 28.9. The zero-order valence-electron chi connectivity index (χ0n) is 23.3. The van der Waals surface area contributed by atoms with Crippen LogP contribution in [-0.4, -0.2) is 44.3 Å². The molecule has 1 N–H and O–H groups in total. The van der Waals surface area contributed by atoms with Crippen molar-refractivity contribution in [1.29, 1.82) is 0 Å². The Hall–Kier alpha value is -3.56. The Morgan fingerprint density at radius 2 is 1.40 bits per heavy atom. The Bertz CT molecular complexity index is 1650. The summed E-state index contributed by atoms with van der Waals surface area (Å²) in [6, 6.07) is 27.4. The number of anilines is 1. The fraction of sp³-hybridized carbons (Fsp3) is 0.188. The molecule has 0 aliphatic heterocycles. The SMILES string of the molecule is CCNC(=O)[C@@H](Cc1ccccc1)N(Cc1ccc(Cl)cc1)C(=O)CN(c1ccc(Cl)cc1Cl)S(=O)(=O)c1ccccc1. The van der Waals surface area contributed by atoms with Crippen LogP contribution in [0.1, 0.15) is 18.1 Å². The lowest BCUT2D eigenvalue weighted by Gasteiger charge is -2.34. The van der Waals surface area contributed by atoms with Crippen molar-refractivity contribution in [3.63, 3.8) is 0 Å². The van der Waals surface area contributed by atoms with E-state index in [2.05, 4.69) is 5.32 Å². The Balaban J connectivity index is 1.81. The van der Waals surface area contributed by atoms with Crippen LogP contribution in [0, 0.1) is 0 Å². The van der Waals surface area contributed by atoms with E-state index in [1.807, 2.05) is 30.3 Å². The van der Waals surface area contributed by atoms with Gasteiger partial charge in [0.15, 0.2) is 0 Å². The van der Waals surface area contributed by atoms with Crippen molar-refractivity contribution in [3.8, 4) is 0 Å². The number of hydrogen-bond donors (Lipinski definition) is 1. The topological polar surface area (TPSA) is 86.8 Å². The van der Waals surface area contributed by atoms with E-state index >= 15 is 0 Å². The number of carbonyl (C=O) groups is 2. The molecule has 4 aromatic rings. The summed E-state index contributed by atoms with van der Waals surface area (Å²) >= 11 is 18.7. The van der Waals surface area contributed by atoms with E-state index < -0.39 is 28.5 Å². The van der Waals surface area contributed by atoms with E-state index in [1.165, 1.54) is 35.2 Å². The van der Waals surface area contributed by atoms with Crippen molar-refractivity contribution < 1.29 is 18.0 Å². The molecule has 0 heterocycles. The van der Waals surface area contributed by atoms with Gasteiger partial charge in [-0.25, -0.2) is 8.42 Å². The predicted molar refractivity (Wildman–Crippen MR) is 172 cm³/mol. The van der Waals surface area contributed by atoms with Gasteiger partial charge in [-0.3, -0.25) is 13.9 Å². The smallest absolute Gasteiger partial charge is 0.264 e. The van der Waals surface area contributed by atoms with Crippen LogP contribution in [0.15, 0.2) is 108 Å². The van der Waals surface area contributed by atoms with Crippen LogP contribution >= 0.6 is 34.8 Å². The number of carbonyl (C=O) groups excluding carboxylic acids is 2. The molecule has 11 heteroatoms. The second-order valence-electron chi connectivity index (χ2n) is 9.67. The van der Waals surface area contributed by atoms with E-state index in [4.69, 9.17) is 34.8 Å².